The van der Waals surface area contributed by atoms with Crippen molar-refractivity contribution < 1.29 is 9.47 Å². The average Bonchev–Trinajstić information content (AvgIpc) is 3.14. The molecule has 5 nitrogen and oxygen atoms in total. The second-order valence-corrected chi connectivity index (χ2v) is 7.17. The van der Waals surface area contributed by atoms with Gasteiger partial charge in [-0.1, -0.05) is 25.0 Å². The third-order valence-corrected chi connectivity index (χ3v) is 5.28. The van der Waals surface area contributed by atoms with Crippen LogP contribution in [0.4, 0.5) is 0 Å². The summed E-state index contributed by atoms with van der Waals surface area (Å²) in [4.78, 5) is 4.90. The molecule has 26 heavy (non-hydrogen) atoms. The van der Waals surface area contributed by atoms with E-state index in [0.717, 1.165) is 50.8 Å². The van der Waals surface area contributed by atoms with E-state index in [1.807, 2.05) is 12.1 Å². The fourth-order valence-electron chi connectivity index (χ4n) is 3.64. The molecule has 0 aromatic heterocycles. The summed E-state index contributed by atoms with van der Waals surface area (Å²) in [6.07, 6.45) is 7.25. The molecule has 1 aliphatic rings. The normalized spacial score (nSPS) is 16.5. The molecule has 0 heterocycles. The van der Waals surface area contributed by atoms with E-state index in [-0.39, 0.29) is 0 Å². The van der Waals surface area contributed by atoms with Crippen LogP contribution >= 0.6 is 0 Å². The second kappa shape index (κ2) is 11.1. The fraction of sp³-hybridized carbons (Fsp3) is 0.667. The second-order valence-electron chi connectivity index (χ2n) is 7.17. The first-order valence-corrected chi connectivity index (χ1v) is 9.85. The van der Waals surface area contributed by atoms with Crippen LogP contribution in [0.15, 0.2) is 29.3 Å². The molecule has 0 atom stereocenters. The van der Waals surface area contributed by atoms with Crippen LogP contribution in [0.3, 0.4) is 0 Å². The quantitative estimate of drug-likeness (QED) is 0.495. The maximum absolute atomic E-state index is 5.32. The van der Waals surface area contributed by atoms with Crippen molar-refractivity contribution in [3.8, 4) is 5.75 Å². The number of methoxy groups -OCH3 is 2. The molecule has 0 unspecified atom stereocenters. The highest BCUT2D eigenvalue weighted by molar-refractivity contribution is 5.79. The number of ether oxygens (including phenoxy) is 2. The van der Waals surface area contributed by atoms with Gasteiger partial charge in [-0.25, -0.2) is 0 Å². The summed E-state index contributed by atoms with van der Waals surface area (Å²) < 4.78 is 10.5. The fourth-order valence-corrected chi connectivity index (χ4v) is 3.64. The Morgan fingerprint density at radius 3 is 2.46 bits per heavy atom. The Bertz CT molecular complexity index is 537. The molecule has 1 aliphatic carbocycles. The molecule has 0 radical (unpaired) electrons. The molecule has 0 amide bonds. The Morgan fingerprint density at radius 1 is 1.12 bits per heavy atom. The van der Waals surface area contributed by atoms with E-state index in [1.165, 1.54) is 31.2 Å². The van der Waals surface area contributed by atoms with Gasteiger partial charge in [0.2, 0.25) is 0 Å². The maximum Gasteiger partial charge on any atom is 0.191 e. The predicted octanol–water partition coefficient (Wildman–Crippen LogP) is 3.39. The highest BCUT2D eigenvalue weighted by atomic mass is 16.5. The molecular formula is C21H35N3O2. The number of benzene rings is 1. The molecule has 0 aliphatic heterocycles. The van der Waals surface area contributed by atoms with E-state index in [2.05, 4.69) is 29.7 Å². The summed E-state index contributed by atoms with van der Waals surface area (Å²) in [5.41, 5.74) is 1.62. The SMILES string of the molecule is CCNC(=NCC1(CCOC)CCCC1)NCCc1ccc(OC)cc1. The van der Waals surface area contributed by atoms with Crippen molar-refractivity contribution in [3.63, 3.8) is 0 Å². The highest BCUT2D eigenvalue weighted by Crippen LogP contribution is 2.41. The number of guanidine groups is 1. The minimum Gasteiger partial charge on any atom is -0.497 e. The van der Waals surface area contributed by atoms with Crippen LogP contribution in [0.2, 0.25) is 0 Å². The smallest absolute Gasteiger partial charge is 0.191 e. The lowest BCUT2D eigenvalue weighted by atomic mass is 9.83. The van der Waals surface area contributed by atoms with Gasteiger partial charge in [0.1, 0.15) is 5.75 Å². The first kappa shape index (κ1) is 20.6. The van der Waals surface area contributed by atoms with Crippen LogP contribution in [0.25, 0.3) is 0 Å². The summed E-state index contributed by atoms with van der Waals surface area (Å²) in [7, 11) is 3.48. The zero-order chi connectivity index (χ0) is 18.7. The minimum atomic E-state index is 0.328. The first-order chi connectivity index (χ1) is 12.7. The van der Waals surface area contributed by atoms with Gasteiger partial charge in [0.25, 0.3) is 0 Å². The van der Waals surface area contributed by atoms with Crippen molar-refractivity contribution >= 4 is 5.96 Å². The van der Waals surface area contributed by atoms with E-state index in [1.54, 1.807) is 14.2 Å². The van der Waals surface area contributed by atoms with Crippen molar-refractivity contribution in [2.45, 2.75) is 45.4 Å². The zero-order valence-corrected chi connectivity index (χ0v) is 16.6. The number of nitrogens with zero attached hydrogens (tertiary/aromatic N) is 1. The summed E-state index contributed by atoms with van der Waals surface area (Å²) in [6, 6.07) is 8.24. The predicted molar refractivity (Wildman–Crippen MR) is 108 cm³/mol. The van der Waals surface area contributed by atoms with Gasteiger partial charge in [-0.3, -0.25) is 4.99 Å². The van der Waals surface area contributed by atoms with Crippen LogP contribution < -0.4 is 15.4 Å². The Hall–Kier alpha value is -1.75. The Kier molecular flexibility index (Phi) is 8.75. The molecule has 0 spiro atoms. The number of nitrogens with one attached hydrogen (secondary N) is 2. The Labute approximate surface area is 158 Å². The van der Waals surface area contributed by atoms with Crippen molar-refractivity contribution in [2.24, 2.45) is 10.4 Å². The van der Waals surface area contributed by atoms with Gasteiger partial charge in [-0.05, 0) is 55.7 Å². The van der Waals surface area contributed by atoms with Crippen molar-refractivity contribution in [1.29, 1.82) is 0 Å². The Morgan fingerprint density at radius 2 is 1.85 bits per heavy atom. The third-order valence-electron chi connectivity index (χ3n) is 5.28. The lowest BCUT2D eigenvalue weighted by Gasteiger charge is -2.27. The monoisotopic (exact) mass is 361 g/mol. The average molecular weight is 362 g/mol. The lowest BCUT2D eigenvalue weighted by molar-refractivity contribution is 0.141. The number of rotatable bonds is 10. The number of aliphatic imine (C=N–C) groups is 1. The summed E-state index contributed by atoms with van der Waals surface area (Å²) in [5.74, 6) is 1.82. The van der Waals surface area contributed by atoms with Crippen LogP contribution in [0.5, 0.6) is 5.75 Å². The molecule has 5 heteroatoms. The molecule has 0 saturated heterocycles. The van der Waals surface area contributed by atoms with Crippen molar-refractivity contribution in [1.82, 2.24) is 10.6 Å². The molecule has 146 valence electrons. The van der Waals surface area contributed by atoms with Gasteiger partial charge < -0.3 is 20.1 Å². The zero-order valence-electron chi connectivity index (χ0n) is 16.6. The maximum atomic E-state index is 5.32. The van der Waals surface area contributed by atoms with Gasteiger partial charge in [-0.2, -0.15) is 0 Å². The number of hydrogen-bond acceptors (Lipinski definition) is 3. The molecule has 2 rings (SSSR count). The largest absolute Gasteiger partial charge is 0.497 e. The summed E-state index contributed by atoms with van der Waals surface area (Å²) in [5, 5.41) is 6.84. The van der Waals surface area contributed by atoms with Crippen LogP contribution in [-0.2, 0) is 11.2 Å². The van der Waals surface area contributed by atoms with Gasteiger partial charge in [0.15, 0.2) is 5.96 Å². The van der Waals surface area contributed by atoms with Crippen molar-refractivity contribution in [3.05, 3.63) is 29.8 Å². The van der Waals surface area contributed by atoms with Crippen LogP contribution in [0, 0.1) is 5.41 Å². The van der Waals surface area contributed by atoms with E-state index >= 15 is 0 Å². The first-order valence-electron chi connectivity index (χ1n) is 9.85. The molecule has 1 saturated carbocycles. The molecular weight excluding hydrogens is 326 g/mol. The van der Waals surface area contributed by atoms with E-state index < -0.39 is 0 Å². The minimum absolute atomic E-state index is 0.328. The van der Waals surface area contributed by atoms with Gasteiger partial charge in [-0.15, -0.1) is 0 Å². The summed E-state index contributed by atoms with van der Waals surface area (Å²) in [6.45, 7) is 5.56. The standard InChI is InChI=1S/C21H35N3O2/c1-4-22-20(23-15-11-18-7-9-19(26-3)10-8-18)24-17-21(14-16-25-2)12-5-6-13-21/h7-10H,4-6,11-17H2,1-3H3,(H2,22,23,24). The van der Waals surface area contributed by atoms with E-state index in [9.17, 15) is 0 Å². The molecule has 1 aromatic carbocycles. The van der Waals surface area contributed by atoms with Gasteiger partial charge >= 0.3 is 0 Å². The lowest BCUT2D eigenvalue weighted by Crippen LogP contribution is -2.39. The van der Waals surface area contributed by atoms with Crippen LogP contribution in [0.1, 0.15) is 44.6 Å². The molecule has 1 aromatic rings. The van der Waals surface area contributed by atoms with Crippen molar-refractivity contribution in [2.75, 3.05) is 40.5 Å². The third kappa shape index (κ3) is 6.52. The summed E-state index contributed by atoms with van der Waals surface area (Å²) >= 11 is 0. The molecule has 0 bridgehead atoms. The highest BCUT2D eigenvalue weighted by Gasteiger charge is 2.33. The molecule has 1 fully saturated rings. The number of hydrogen-bond donors (Lipinski definition) is 2. The Balaban J connectivity index is 1.86. The van der Waals surface area contributed by atoms with E-state index in [4.69, 9.17) is 14.5 Å². The van der Waals surface area contributed by atoms with Gasteiger partial charge in [0, 0.05) is 33.4 Å². The molecule has 2 N–H and O–H groups in total. The topological polar surface area (TPSA) is 54.9 Å². The van der Waals surface area contributed by atoms with Gasteiger partial charge in [0.05, 0.1) is 7.11 Å². The van der Waals surface area contributed by atoms with Crippen LogP contribution in [-0.4, -0.2) is 46.4 Å². The van der Waals surface area contributed by atoms with E-state index in [0.29, 0.717) is 5.41 Å².